The van der Waals surface area contributed by atoms with E-state index in [1.54, 1.807) is 0 Å². The van der Waals surface area contributed by atoms with Crippen LogP contribution in [0.25, 0.3) is 0 Å². The second-order valence-electron chi connectivity index (χ2n) is 0. The van der Waals surface area contributed by atoms with E-state index in [4.69, 9.17) is 0 Å². The minimum absolute atomic E-state index is 0. The SMILES string of the molecule is [Li+].[Sc+3].[Tb+3].[Y+3]. The van der Waals surface area contributed by atoms with Crippen molar-refractivity contribution in [2.45, 2.75) is 0 Å². The summed E-state index contributed by atoms with van der Waals surface area (Å²) in [4.78, 5) is 0. The van der Waals surface area contributed by atoms with E-state index in [1.807, 2.05) is 0 Å². The van der Waals surface area contributed by atoms with Gasteiger partial charge < -0.3 is 0 Å². The van der Waals surface area contributed by atoms with Crippen LogP contribution in [-0.4, -0.2) is 0 Å². The topological polar surface area (TPSA) is 0 Å². The summed E-state index contributed by atoms with van der Waals surface area (Å²) >= 11 is 0. The molecule has 0 heterocycles. The minimum atomic E-state index is 0. The van der Waals surface area contributed by atoms with Crippen molar-refractivity contribution in [3.63, 3.8) is 0 Å². The molecular weight excluding hydrogens is 300 g/mol. The third-order valence-corrected chi connectivity index (χ3v) is 0. The van der Waals surface area contributed by atoms with Crippen molar-refractivity contribution in [2.75, 3.05) is 0 Å². The van der Waals surface area contributed by atoms with E-state index in [-0.39, 0.29) is 116 Å². The fourth-order valence-corrected chi connectivity index (χ4v) is 0. The first-order valence-electron chi connectivity index (χ1n) is 0. The Bertz CT molecular complexity index is 8.00. The van der Waals surface area contributed by atoms with Crippen LogP contribution in [0.5, 0.6) is 0 Å². The molecule has 0 aliphatic carbocycles. The molecule has 0 rings (SSSR count). The van der Waals surface area contributed by atoms with E-state index < -0.39 is 0 Å². The van der Waals surface area contributed by atoms with Gasteiger partial charge in [-0.1, -0.05) is 0 Å². The van der Waals surface area contributed by atoms with Crippen molar-refractivity contribution in [1.29, 1.82) is 0 Å². The van der Waals surface area contributed by atoms with E-state index >= 15 is 0 Å². The monoisotopic (exact) mass is 300 g/mol. The van der Waals surface area contributed by atoms with Gasteiger partial charge in [-0.15, -0.1) is 0 Å². The summed E-state index contributed by atoms with van der Waals surface area (Å²) in [5.74, 6) is 0. The molecular formula is LiScTbY+10. The van der Waals surface area contributed by atoms with Gasteiger partial charge in [-0.05, 0) is 0 Å². The molecule has 0 aliphatic heterocycles. The average molecular weight is 300 g/mol. The Kier molecular flexibility index (Phi) is 98.2. The largest absolute Gasteiger partial charge is 3.00 e. The number of hydrogen-bond acceptors (Lipinski definition) is 0. The zero-order valence-electron chi connectivity index (χ0n) is 2.49. The van der Waals surface area contributed by atoms with Gasteiger partial charge in [0.05, 0.1) is 0 Å². The maximum absolute atomic E-state index is 0. The first-order chi connectivity index (χ1) is 0. The van der Waals surface area contributed by atoms with E-state index in [0.29, 0.717) is 0 Å². The van der Waals surface area contributed by atoms with Crippen molar-refractivity contribution in [1.82, 2.24) is 0 Å². The third-order valence-electron chi connectivity index (χ3n) is 0. The molecule has 0 aromatic rings. The van der Waals surface area contributed by atoms with Gasteiger partial charge in [-0.3, -0.25) is 0 Å². The quantitative estimate of drug-likeness (QED) is 0.418. The molecule has 0 spiro atoms. The Balaban J connectivity index is 0. The molecule has 4 heavy (non-hydrogen) atoms. The van der Waals surface area contributed by atoms with Crippen LogP contribution in [0.15, 0.2) is 0 Å². The Labute approximate surface area is 113 Å². The van der Waals surface area contributed by atoms with Gasteiger partial charge in [0.15, 0.2) is 0 Å². The van der Waals surface area contributed by atoms with Gasteiger partial charge in [0.25, 0.3) is 0 Å². The standard InChI is InChI=1S/Li.Sc.Tb.Y/q+1;3*+3. The third kappa shape index (κ3) is 9.29. The van der Waals surface area contributed by atoms with Crippen LogP contribution in [0.2, 0.25) is 0 Å². The zero-order chi connectivity index (χ0) is 0. The summed E-state index contributed by atoms with van der Waals surface area (Å²) in [5.41, 5.74) is 0. The summed E-state index contributed by atoms with van der Waals surface area (Å²) in [6, 6.07) is 0. The Morgan fingerprint density at radius 2 is 1.00 bits per heavy atom. The van der Waals surface area contributed by atoms with Gasteiger partial charge in [-0.2, -0.15) is 0 Å². The van der Waals surface area contributed by atoms with Gasteiger partial charge in [0, 0.05) is 0 Å². The minimum Gasteiger partial charge on any atom is 1.00 e. The molecule has 6 valence electrons. The normalized spacial score (nSPS) is 0. The molecule has 0 radical (unpaired) electrons. The molecule has 0 aromatic heterocycles. The predicted molar refractivity (Wildman–Crippen MR) is 0 cm³/mol. The molecule has 0 bridgehead atoms. The maximum Gasteiger partial charge on any atom is 3.00 e. The Morgan fingerprint density at radius 3 is 1.00 bits per heavy atom. The van der Waals surface area contributed by atoms with Crippen molar-refractivity contribution in [2.24, 2.45) is 0 Å². The van der Waals surface area contributed by atoms with Gasteiger partial charge in [-0.25, -0.2) is 0 Å². The van der Waals surface area contributed by atoms with Crippen LogP contribution >= 0.6 is 0 Å². The van der Waals surface area contributed by atoms with E-state index in [1.165, 1.54) is 0 Å². The van der Waals surface area contributed by atoms with Crippen LogP contribution in [-0.2, 0) is 58.6 Å². The Morgan fingerprint density at radius 1 is 1.00 bits per heavy atom. The molecule has 0 nitrogen and oxygen atoms in total. The summed E-state index contributed by atoms with van der Waals surface area (Å²) in [5, 5.41) is 0. The van der Waals surface area contributed by atoms with Crippen molar-refractivity contribution in [3.05, 3.63) is 0 Å². The molecule has 0 atom stereocenters. The zero-order valence-corrected chi connectivity index (χ0v) is 9.27. The van der Waals surface area contributed by atoms with Gasteiger partial charge in [0.1, 0.15) is 0 Å². The van der Waals surface area contributed by atoms with Crippen LogP contribution in [0.1, 0.15) is 0 Å². The number of rotatable bonds is 0. The molecule has 0 fully saturated rings. The molecule has 0 aromatic carbocycles. The predicted octanol–water partition coefficient (Wildman–Crippen LogP) is -3.00. The number of hydrogen-bond donors (Lipinski definition) is 0. The average Bonchev–Trinajstić information content (AvgIpc) is 0. The molecule has 0 unspecified atom stereocenters. The van der Waals surface area contributed by atoms with Crippen molar-refractivity contribution < 1.29 is 116 Å². The fourth-order valence-electron chi connectivity index (χ4n) is 0. The molecule has 0 saturated carbocycles. The Hall–Kier alpha value is 3.86. The molecule has 0 N–H and O–H groups in total. The molecule has 0 amide bonds. The summed E-state index contributed by atoms with van der Waals surface area (Å²) in [6.07, 6.45) is 0. The van der Waals surface area contributed by atoms with Gasteiger partial charge >= 0.3 is 116 Å². The van der Waals surface area contributed by atoms with Crippen LogP contribution in [0.3, 0.4) is 0 Å². The summed E-state index contributed by atoms with van der Waals surface area (Å²) in [7, 11) is 0. The molecule has 0 aliphatic rings. The van der Waals surface area contributed by atoms with Crippen LogP contribution < -0.4 is 18.9 Å². The smallest absolute Gasteiger partial charge is 1.00 e. The molecule has 4 heteroatoms. The second-order valence-corrected chi connectivity index (χ2v) is 0. The first kappa shape index (κ1) is 24.8. The second kappa shape index (κ2) is 15.8. The van der Waals surface area contributed by atoms with E-state index in [2.05, 4.69) is 0 Å². The molecule has 0 saturated heterocycles. The van der Waals surface area contributed by atoms with E-state index in [0.717, 1.165) is 0 Å². The maximum atomic E-state index is 0. The van der Waals surface area contributed by atoms with Crippen molar-refractivity contribution in [3.8, 4) is 0 Å². The van der Waals surface area contributed by atoms with Crippen molar-refractivity contribution >= 4 is 0 Å². The van der Waals surface area contributed by atoms with Crippen LogP contribution in [0.4, 0.5) is 0 Å². The first-order valence-corrected chi connectivity index (χ1v) is 0. The summed E-state index contributed by atoms with van der Waals surface area (Å²) < 4.78 is 0. The summed E-state index contributed by atoms with van der Waals surface area (Å²) in [6.45, 7) is 0. The fraction of sp³-hybridized carbons (Fsp3) is 0. The van der Waals surface area contributed by atoms with Crippen LogP contribution in [0, 0.1) is 38.6 Å². The van der Waals surface area contributed by atoms with E-state index in [9.17, 15) is 0 Å². The van der Waals surface area contributed by atoms with Gasteiger partial charge in [0.2, 0.25) is 0 Å².